The molecule has 1 aliphatic rings. The SMILES string of the molecule is N[C@@H](C[C@H]1CC(Br)=NO1)C(=O)O. The second-order valence-electron chi connectivity index (χ2n) is 2.58. The molecule has 1 aliphatic heterocycles. The van der Waals surface area contributed by atoms with Gasteiger partial charge in [0.2, 0.25) is 0 Å². The fraction of sp³-hybridized carbons (Fsp3) is 0.667. The zero-order chi connectivity index (χ0) is 9.14. The standard InChI is InChI=1S/C6H9BrN2O3/c7-5-2-3(12-9-5)1-4(8)6(10)11/h3-4H,1-2,8H2,(H,10,11)/t3-,4-/m0/s1. The third-order valence-corrected chi connectivity index (χ3v) is 2.00. The lowest BCUT2D eigenvalue weighted by atomic mass is 10.1. The highest BCUT2D eigenvalue weighted by Crippen LogP contribution is 2.17. The van der Waals surface area contributed by atoms with Gasteiger partial charge in [-0.2, -0.15) is 0 Å². The zero-order valence-corrected chi connectivity index (χ0v) is 7.82. The summed E-state index contributed by atoms with van der Waals surface area (Å²) in [6.45, 7) is 0. The van der Waals surface area contributed by atoms with Gasteiger partial charge in [-0.25, -0.2) is 0 Å². The fourth-order valence-corrected chi connectivity index (χ4v) is 1.35. The first-order valence-corrected chi connectivity index (χ1v) is 4.25. The number of nitrogens with zero attached hydrogens (tertiary/aromatic N) is 1. The zero-order valence-electron chi connectivity index (χ0n) is 6.24. The summed E-state index contributed by atoms with van der Waals surface area (Å²) in [5.41, 5.74) is 5.30. The average molecular weight is 237 g/mol. The normalized spacial score (nSPS) is 24.5. The van der Waals surface area contributed by atoms with Gasteiger partial charge < -0.3 is 15.7 Å². The van der Waals surface area contributed by atoms with Gasteiger partial charge in [-0.1, -0.05) is 5.16 Å². The molecule has 3 N–H and O–H groups in total. The molecule has 0 bridgehead atoms. The van der Waals surface area contributed by atoms with E-state index < -0.39 is 12.0 Å². The van der Waals surface area contributed by atoms with Crippen LogP contribution in [0.3, 0.4) is 0 Å². The van der Waals surface area contributed by atoms with E-state index in [2.05, 4.69) is 21.1 Å². The first-order chi connectivity index (χ1) is 5.59. The minimum atomic E-state index is -1.01. The summed E-state index contributed by atoms with van der Waals surface area (Å²) in [7, 11) is 0. The van der Waals surface area contributed by atoms with E-state index in [1.54, 1.807) is 0 Å². The molecule has 12 heavy (non-hydrogen) atoms. The van der Waals surface area contributed by atoms with Crippen molar-refractivity contribution in [3.05, 3.63) is 0 Å². The quantitative estimate of drug-likeness (QED) is 0.738. The van der Waals surface area contributed by atoms with Gasteiger partial charge in [0.05, 0.1) is 0 Å². The van der Waals surface area contributed by atoms with Crippen molar-refractivity contribution in [3.63, 3.8) is 0 Å². The van der Waals surface area contributed by atoms with Crippen LogP contribution in [0, 0.1) is 0 Å². The topological polar surface area (TPSA) is 84.9 Å². The molecule has 6 heteroatoms. The number of aliphatic carboxylic acids is 1. The molecular weight excluding hydrogens is 228 g/mol. The Morgan fingerprint density at radius 1 is 2.00 bits per heavy atom. The van der Waals surface area contributed by atoms with Crippen LogP contribution < -0.4 is 5.73 Å². The Morgan fingerprint density at radius 3 is 3.08 bits per heavy atom. The van der Waals surface area contributed by atoms with Crippen molar-refractivity contribution in [2.45, 2.75) is 25.0 Å². The maximum atomic E-state index is 10.3. The Hall–Kier alpha value is -0.620. The summed E-state index contributed by atoms with van der Waals surface area (Å²) in [6, 6.07) is -0.872. The second-order valence-corrected chi connectivity index (χ2v) is 3.49. The van der Waals surface area contributed by atoms with Gasteiger partial charge in [-0.15, -0.1) is 0 Å². The minimum absolute atomic E-state index is 0.203. The van der Waals surface area contributed by atoms with Crippen molar-refractivity contribution in [2.24, 2.45) is 10.9 Å². The van der Waals surface area contributed by atoms with Crippen LogP contribution in [0.15, 0.2) is 5.16 Å². The van der Waals surface area contributed by atoms with Gasteiger partial charge in [-0.05, 0) is 15.9 Å². The third kappa shape index (κ3) is 2.46. The monoisotopic (exact) mass is 236 g/mol. The first-order valence-electron chi connectivity index (χ1n) is 3.46. The maximum absolute atomic E-state index is 10.3. The van der Waals surface area contributed by atoms with Gasteiger partial charge in [0.25, 0.3) is 0 Å². The molecule has 0 aromatic heterocycles. The van der Waals surface area contributed by atoms with Crippen molar-refractivity contribution < 1.29 is 14.7 Å². The van der Waals surface area contributed by atoms with E-state index in [9.17, 15) is 4.79 Å². The Labute approximate surface area is 77.7 Å². The Kier molecular flexibility index (Phi) is 3.05. The van der Waals surface area contributed by atoms with Crippen LogP contribution in [0.2, 0.25) is 0 Å². The largest absolute Gasteiger partial charge is 0.480 e. The van der Waals surface area contributed by atoms with E-state index >= 15 is 0 Å². The van der Waals surface area contributed by atoms with Crippen LogP contribution >= 0.6 is 15.9 Å². The fourth-order valence-electron chi connectivity index (χ4n) is 0.905. The summed E-state index contributed by atoms with van der Waals surface area (Å²) in [6.07, 6.45) is 0.681. The second kappa shape index (κ2) is 3.86. The van der Waals surface area contributed by atoms with Crippen LogP contribution in [-0.2, 0) is 9.63 Å². The Bertz CT molecular complexity index is 219. The molecule has 0 saturated heterocycles. The number of nitrogens with two attached hydrogens (primary N) is 1. The summed E-state index contributed by atoms with van der Waals surface area (Å²) in [4.78, 5) is 15.2. The molecule has 0 amide bonds. The van der Waals surface area contributed by atoms with E-state index in [1.165, 1.54) is 0 Å². The lowest BCUT2D eigenvalue weighted by molar-refractivity contribution is -0.139. The lowest BCUT2D eigenvalue weighted by Crippen LogP contribution is -2.33. The summed E-state index contributed by atoms with van der Waals surface area (Å²) in [5, 5.41) is 12.1. The van der Waals surface area contributed by atoms with Crippen molar-refractivity contribution >= 4 is 26.5 Å². The molecule has 0 spiro atoms. The average Bonchev–Trinajstić information content (AvgIpc) is 2.35. The molecule has 2 atom stereocenters. The molecule has 0 aromatic carbocycles. The number of halogens is 1. The Morgan fingerprint density at radius 2 is 2.67 bits per heavy atom. The van der Waals surface area contributed by atoms with Gasteiger partial charge in [-0.3, -0.25) is 4.79 Å². The van der Waals surface area contributed by atoms with Crippen LogP contribution in [0.4, 0.5) is 0 Å². The number of hydrogen-bond acceptors (Lipinski definition) is 4. The lowest BCUT2D eigenvalue weighted by Gasteiger charge is -2.10. The van der Waals surface area contributed by atoms with Crippen molar-refractivity contribution in [1.29, 1.82) is 0 Å². The summed E-state index contributed by atoms with van der Waals surface area (Å²) >= 11 is 3.14. The maximum Gasteiger partial charge on any atom is 0.320 e. The molecular formula is C6H9BrN2O3. The summed E-state index contributed by atoms with van der Waals surface area (Å²) in [5.74, 6) is -1.01. The molecule has 0 aromatic rings. The molecule has 0 aliphatic carbocycles. The number of rotatable bonds is 3. The molecule has 68 valence electrons. The molecule has 1 heterocycles. The van der Waals surface area contributed by atoms with E-state index in [0.29, 0.717) is 11.0 Å². The van der Waals surface area contributed by atoms with Crippen LogP contribution in [0.5, 0.6) is 0 Å². The van der Waals surface area contributed by atoms with Crippen molar-refractivity contribution in [3.8, 4) is 0 Å². The predicted molar refractivity (Wildman–Crippen MR) is 46.1 cm³/mol. The summed E-state index contributed by atoms with van der Waals surface area (Å²) < 4.78 is 0.699. The number of carboxylic acid groups (broad SMARTS) is 1. The first kappa shape index (κ1) is 9.47. The smallest absolute Gasteiger partial charge is 0.320 e. The molecule has 5 nitrogen and oxygen atoms in total. The highest BCUT2D eigenvalue weighted by atomic mass is 79.9. The van der Waals surface area contributed by atoms with Crippen LogP contribution in [0.1, 0.15) is 12.8 Å². The minimum Gasteiger partial charge on any atom is -0.480 e. The molecule has 1 rings (SSSR count). The van der Waals surface area contributed by atoms with Crippen molar-refractivity contribution in [2.75, 3.05) is 0 Å². The molecule has 0 saturated carbocycles. The molecule has 0 fully saturated rings. The van der Waals surface area contributed by atoms with Crippen LogP contribution in [0.25, 0.3) is 0 Å². The van der Waals surface area contributed by atoms with Gasteiger partial charge in [0.15, 0.2) is 0 Å². The number of oxime groups is 1. The number of carbonyl (C=O) groups is 1. The molecule has 0 radical (unpaired) electrons. The highest BCUT2D eigenvalue weighted by Gasteiger charge is 2.24. The van der Waals surface area contributed by atoms with Crippen molar-refractivity contribution in [1.82, 2.24) is 0 Å². The van der Waals surface area contributed by atoms with Gasteiger partial charge in [0, 0.05) is 12.8 Å². The number of carboxylic acids is 1. The third-order valence-electron chi connectivity index (χ3n) is 1.53. The molecule has 0 unspecified atom stereocenters. The van der Waals surface area contributed by atoms with Crippen LogP contribution in [-0.4, -0.2) is 27.8 Å². The van der Waals surface area contributed by atoms with Gasteiger partial charge >= 0.3 is 5.97 Å². The predicted octanol–water partition coefficient (Wildman–Crippen LogP) is 0.286. The van der Waals surface area contributed by atoms with Gasteiger partial charge in [0.1, 0.15) is 16.8 Å². The Balaban J connectivity index is 2.30. The van der Waals surface area contributed by atoms with E-state index in [0.717, 1.165) is 0 Å². The van der Waals surface area contributed by atoms with E-state index in [1.807, 2.05) is 0 Å². The number of hydrogen-bond donors (Lipinski definition) is 2. The van der Waals surface area contributed by atoms with E-state index in [-0.39, 0.29) is 12.5 Å². The highest BCUT2D eigenvalue weighted by molar-refractivity contribution is 9.18. The van der Waals surface area contributed by atoms with E-state index in [4.69, 9.17) is 15.7 Å².